The smallest absolute Gasteiger partial charge is 0.338 e. The molecule has 0 saturated carbocycles. The number of furan rings is 1. The number of anilines is 2. The molecular weight excluding hydrogens is 398 g/mol. The largest absolute Gasteiger partial charge is 0.472 e. The van der Waals surface area contributed by atoms with Crippen LogP contribution in [-0.4, -0.2) is 15.5 Å². The molecule has 0 saturated heterocycles. The number of hydrogen-bond donors (Lipinski definition) is 1. The maximum Gasteiger partial charge on any atom is 0.338 e. The van der Waals surface area contributed by atoms with E-state index in [1.807, 2.05) is 29.9 Å². The van der Waals surface area contributed by atoms with Crippen molar-refractivity contribution < 1.29 is 18.9 Å². The van der Waals surface area contributed by atoms with Crippen molar-refractivity contribution in [2.24, 2.45) is 7.05 Å². The van der Waals surface area contributed by atoms with E-state index in [1.165, 1.54) is 18.6 Å². The van der Waals surface area contributed by atoms with E-state index in [2.05, 4.69) is 5.32 Å². The third-order valence-electron chi connectivity index (χ3n) is 4.83. The number of carbonyl (C=O) groups is 1. The van der Waals surface area contributed by atoms with Crippen molar-refractivity contribution >= 4 is 23.0 Å². The van der Waals surface area contributed by atoms with Crippen LogP contribution in [0.4, 0.5) is 17.1 Å². The van der Waals surface area contributed by atoms with Crippen molar-refractivity contribution in [3.8, 4) is 11.1 Å². The Morgan fingerprint density at radius 3 is 2.71 bits per heavy atom. The van der Waals surface area contributed by atoms with Gasteiger partial charge in [0.1, 0.15) is 12.3 Å². The molecule has 2 aromatic carbocycles. The Hall–Kier alpha value is -4.33. The zero-order valence-corrected chi connectivity index (χ0v) is 16.6. The van der Waals surface area contributed by atoms with Gasteiger partial charge in [0.15, 0.2) is 0 Å². The molecule has 4 aromatic rings. The fraction of sp³-hybridized carbons (Fsp3) is 0.0870. The van der Waals surface area contributed by atoms with Crippen molar-refractivity contribution in [1.29, 1.82) is 0 Å². The van der Waals surface area contributed by atoms with Gasteiger partial charge in [-0.15, -0.1) is 0 Å². The van der Waals surface area contributed by atoms with Gasteiger partial charge in [-0.05, 0) is 48.0 Å². The highest BCUT2D eigenvalue weighted by Gasteiger charge is 2.17. The first-order valence-electron chi connectivity index (χ1n) is 9.47. The van der Waals surface area contributed by atoms with Crippen LogP contribution in [0.2, 0.25) is 0 Å². The van der Waals surface area contributed by atoms with E-state index >= 15 is 0 Å². The van der Waals surface area contributed by atoms with Gasteiger partial charge in [0.25, 0.3) is 5.69 Å². The van der Waals surface area contributed by atoms with Crippen LogP contribution in [0.1, 0.15) is 16.1 Å². The van der Waals surface area contributed by atoms with E-state index in [4.69, 9.17) is 9.15 Å². The highest BCUT2D eigenvalue weighted by Crippen LogP contribution is 2.33. The molecule has 0 aliphatic carbocycles. The first kappa shape index (κ1) is 20.0. The minimum atomic E-state index is -0.477. The second-order valence-electron chi connectivity index (χ2n) is 6.89. The molecule has 2 heterocycles. The predicted octanol–water partition coefficient (Wildman–Crippen LogP) is 5.29. The van der Waals surface area contributed by atoms with Crippen LogP contribution < -0.4 is 5.32 Å². The molecule has 2 aromatic heterocycles. The summed E-state index contributed by atoms with van der Waals surface area (Å²) < 4.78 is 12.3. The molecule has 4 rings (SSSR count). The summed E-state index contributed by atoms with van der Waals surface area (Å²) in [5, 5.41) is 14.6. The average Bonchev–Trinajstić information content (AvgIpc) is 3.44. The average molecular weight is 417 g/mol. The van der Waals surface area contributed by atoms with E-state index < -0.39 is 10.9 Å². The van der Waals surface area contributed by atoms with E-state index in [-0.39, 0.29) is 12.3 Å². The third kappa shape index (κ3) is 4.48. The molecular formula is C23H19N3O5. The number of nitro groups is 1. The van der Waals surface area contributed by atoms with E-state index in [0.717, 1.165) is 11.3 Å². The molecule has 0 aliphatic rings. The minimum absolute atomic E-state index is 0.0876. The number of nitrogens with zero attached hydrogens (tertiary/aromatic N) is 2. The number of rotatable bonds is 7. The van der Waals surface area contributed by atoms with Crippen molar-refractivity contribution in [1.82, 2.24) is 4.57 Å². The first-order valence-corrected chi connectivity index (χ1v) is 9.47. The number of nitro benzene ring substituents is 1. The molecule has 1 N–H and O–H groups in total. The van der Waals surface area contributed by atoms with Gasteiger partial charge in [0, 0.05) is 30.6 Å². The number of aryl methyl sites for hydroxylation is 1. The van der Waals surface area contributed by atoms with Crippen molar-refractivity contribution in [3.05, 3.63) is 101 Å². The number of hydrogen-bond acceptors (Lipinski definition) is 6. The lowest BCUT2D eigenvalue weighted by Gasteiger charge is -2.10. The van der Waals surface area contributed by atoms with Crippen molar-refractivity contribution in [2.45, 2.75) is 6.61 Å². The SMILES string of the molecule is Cn1cccc1COC(=O)c1cccc(Nc2ccc(-c3ccoc3)cc2[N+](=O)[O-])c1. The lowest BCUT2D eigenvalue weighted by atomic mass is 10.1. The maximum atomic E-state index is 12.4. The van der Waals surface area contributed by atoms with Gasteiger partial charge in [-0.2, -0.15) is 0 Å². The van der Waals surface area contributed by atoms with Crippen molar-refractivity contribution in [3.63, 3.8) is 0 Å². The third-order valence-corrected chi connectivity index (χ3v) is 4.83. The first-order chi connectivity index (χ1) is 15.0. The van der Waals surface area contributed by atoms with Gasteiger partial charge in [-0.1, -0.05) is 12.1 Å². The second-order valence-corrected chi connectivity index (χ2v) is 6.89. The Morgan fingerprint density at radius 1 is 1.13 bits per heavy atom. The summed E-state index contributed by atoms with van der Waals surface area (Å²) in [6, 6.07) is 17.0. The quantitative estimate of drug-likeness (QED) is 0.249. The number of carbonyl (C=O) groups excluding carboxylic acids is 1. The summed E-state index contributed by atoms with van der Waals surface area (Å²) >= 11 is 0. The fourth-order valence-corrected chi connectivity index (χ4v) is 3.15. The standard InChI is InChI=1S/C23H19N3O5/c1-25-10-3-6-20(25)15-31-23(27)17-4-2-5-19(12-17)24-21-8-7-16(13-22(21)26(28)29)18-9-11-30-14-18/h2-14,24H,15H2,1H3. The Labute approximate surface area is 177 Å². The Bertz CT molecular complexity index is 1230. The van der Waals surface area contributed by atoms with Gasteiger partial charge in [-0.25, -0.2) is 4.79 Å². The van der Waals surface area contributed by atoms with Crippen LogP contribution in [0.5, 0.6) is 0 Å². The molecule has 0 radical (unpaired) electrons. The molecule has 156 valence electrons. The molecule has 0 atom stereocenters. The topological polar surface area (TPSA) is 99.5 Å². The van der Waals surface area contributed by atoms with Crippen molar-refractivity contribution in [2.75, 3.05) is 5.32 Å². The zero-order chi connectivity index (χ0) is 21.8. The number of nitrogens with one attached hydrogen (secondary N) is 1. The molecule has 31 heavy (non-hydrogen) atoms. The number of esters is 1. The molecule has 0 amide bonds. The lowest BCUT2D eigenvalue weighted by Crippen LogP contribution is -2.07. The van der Waals surface area contributed by atoms with Gasteiger partial charge < -0.3 is 19.0 Å². The monoisotopic (exact) mass is 417 g/mol. The predicted molar refractivity (Wildman–Crippen MR) is 115 cm³/mol. The summed E-state index contributed by atoms with van der Waals surface area (Å²) in [7, 11) is 1.87. The highest BCUT2D eigenvalue weighted by molar-refractivity contribution is 5.91. The molecule has 0 bridgehead atoms. The number of aromatic nitrogens is 1. The van der Waals surface area contributed by atoms with Gasteiger partial charge in [-0.3, -0.25) is 10.1 Å². The lowest BCUT2D eigenvalue weighted by molar-refractivity contribution is -0.383. The van der Waals surface area contributed by atoms with Crippen LogP contribution in [0.15, 0.2) is 83.8 Å². The van der Waals surface area contributed by atoms with Crippen LogP contribution in [0.25, 0.3) is 11.1 Å². The summed E-state index contributed by atoms with van der Waals surface area (Å²) in [6.07, 6.45) is 4.91. The molecule has 0 fully saturated rings. The highest BCUT2D eigenvalue weighted by atomic mass is 16.6. The number of benzene rings is 2. The summed E-state index contributed by atoms with van der Waals surface area (Å²) in [6.45, 7) is 0.154. The van der Waals surface area contributed by atoms with Gasteiger partial charge in [0.05, 0.1) is 28.7 Å². The van der Waals surface area contributed by atoms with Crippen LogP contribution in [0, 0.1) is 10.1 Å². The normalized spacial score (nSPS) is 10.6. The number of ether oxygens (including phenoxy) is 1. The molecule has 8 nitrogen and oxygen atoms in total. The Morgan fingerprint density at radius 2 is 2.00 bits per heavy atom. The summed E-state index contributed by atoms with van der Waals surface area (Å²) in [5.41, 5.74) is 3.39. The van der Waals surface area contributed by atoms with Crippen LogP contribution in [-0.2, 0) is 18.4 Å². The molecule has 0 unspecified atom stereocenters. The fourth-order valence-electron chi connectivity index (χ4n) is 3.15. The summed E-state index contributed by atoms with van der Waals surface area (Å²) in [4.78, 5) is 23.6. The molecule has 8 heteroatoms. The second kappa shape index (κ2) is 8.58. The van der Waals surface area contributed by atoms with E-state index in [0.29, 0.717) is 22.5 Å². The maximum absolute atomic E-state index is 12.4. The van der Waals surface area contributed by atoms with Gasteiger partial charge in [0.2, 0.25) is 0 Å². The Balaban J connectivity index is 1.52. The van der Waals surface area contributed by atoms with E-state index in [1.54, 1.807) is 42.5 Å². The van der Waals surface area contributed by atoms with Crippen LogP contribution >= 0.6 is 0 Å². The van der Waals surface area contributed by atoms with Crippen LogP contribution in [0.3, 0.4) is 0 Å². The minimum Gasteiger partial charge on any atom is -0.472 e. The van der Waals surface area contributed by atoms with E-state index in [9.17, 15) is 14.9 Å². The summed E-state index contributed by atoms with van der Waals surface area (Å²) in [5.74, 6) is -0.477. The Kier molecular flexibility index (Phi) is 5.53. The zero-order valence-electron chi connectivity index (χ0n) is 16.6. The molecule has 0 aliphatic heterocycles. The van der Waals surface area contributed by atoms with Gasteiger partial charge >= 0.3 is 5.97 Å². The molecule has 0 spiro atoms.